The average molecular weight is 435 g/mol. The largest absolute Gasteiger partial charge is 0.496 e. The predicted octanol–water partition coefficient (Wildman–Crippen LogP) is 6.20. The minimum atomic E-state index is 0.296. The molecule has 3 aromatic rings. The normalized spacial score (nSPS) is 11.4. The fraction of sp³-hybridized carbons (Fsp3) is 0.292. The van der Waals surface area contributed by atoms with E-state index in [2.05, 4.69) is 34.6 Å². The van der Waals surface area contributed by atoms with Gasteiger partial charge in [0.1, 0.15) is 34.7 Å². The summed E-state index contributed by atoms with van der Waals surface area (Å²) in [6, 6.07) is 13.8. The van der Waals surface area contributed by atoms with Gasteiger partial charge in [0.15, 0.2) is 0 Å². The molecular weight excluding hydrogens is 408 g/mol. The molecule has 0 aliphatic carbocycles. The molecule has 1 N–H and O–H groups in total. The van der Waals surface area contributed by atoms with Crippen LogP contribution in [0.25, 0.3) is 11.3 Å². The molecule has 7 heteroatoms. The van der Waals surface area contributed by atoms with Crippen LogP contribution in [0.1, 0.15) is 30.5 Å². The van der Waals surface area contributed by atoms with Crippen molar-refractivity contribution in [2.75, 3.05) is 19.5 Å². The van der Waals surface area contributed by atoms with E-state index in [1.165, 1.54) is 0 Å². The third-order valence-corrected chi connectivity index (χ3v) is 5.64. The molecule has 0 spiro atoms. The lowest BCUT2D eigenvalue weighted by molar-refractivity contribution is 0.416. The maximum Gasteiger partial charge on any atom is 0.218 e. The summed E-state index contributed by atoms with van der Waals surface area (Å²) in [5.74, 6) is 2.57. The highest BCUT2D eigenvalue weighted by atomic mass is 32.1. The van der Waals surface area contributed by atoms with Crippen molar-refractivity contribution in [2.45, 2.75) is 27.7 Å². The third-order valence-electron chi connectivity index (χ3n) is 4.91. The summed E-state index contributed by atoms with van der Waals surface area (Å²) in [6.45, 7) is 8.19. The summed E-state index contributed by atoms with van der Waals surface area (Å²) < 4.78 is 16.1. The van der Waals surface area contributed by atoms with Crippen LogP contribution in [0.15, 0.2) is 41.4 Å². The van der Waals surface area contributed by atoms with E-state index in [0.717, 1.165) is 39.7 Å². The first-order valence-electron chi connectivity index (χ1n) is 9.95. The number of para-hydroxylation sites is 1. The van der Waals surface area contributed by atoms with Gasteiger partial charge in [-0.2, -0.15) is 9.64 Å². The maximum absolute atomic E-state index is 9.81. The zero-order valence-electron chi connectivity index (χ0n) is 18.6. The van der Waals surface area contributed by atoms with Crippen molar-refractivity contribution in [1.82, 2.24) is 4.37 Å². The number of rotatable bonds is 6. The van der Waals surface area contributed by atoms with Crippen molar-refractivity contribution < 1.29 is 9.47 Å². The van der Waals surface area contributed by atoms with Gasteiger partial charge in [-0.15, -0.1) is 0 Å². The number of nitriles is 1. The summed E-state index contributed by atoms with van der Waals surface area (Å²) in [7, 11) is 3.39. The Kier molecular flexibility index (Phi) is 6.93. The van der Waals surface area contributed by atoms with Crippen LogP contribution in [0.3, 0.4) is 0 Å². The maximum atomic E-state index is 9.81. The SMILES string of the molecule is CN=C(Nc1cc(C)c(Oc2snc(-c3ccccc3OC)c2C#N)cc1C)C(C)C. The van der Waals surface area contributed by atoms with E-state index in [1.807, 2.05) is 50.2 Å². The van der Waals surface area contributed by atoms with Gasteiger partial charge in [-0.25, -0.2) is 0 Å². The molecule has 0 atom stereocenters. The zero-order valence-corrected chi connectivity index (χ0v) is 19.4. The van der Waals surface area contributed by atoms with E-state index in [0.29, 0.717) is 33.7 Å². The fourth-order valence-corrected chi connectivity index (χ4v) is 3.92. The Morgan fingerprint density at radius 2 is 1.90 bits per heavy atom. The van der Waals surface area contributed by atoms with Gasteiger partial charge in [-0.3, -0.25) is 4.99 Å². The molecule has 1 heterocycles. The summed E-state index contributed by atoms with van der Waals surface area (Å²) >= 11 is 1.16. The van der Waals surface area contributed by atoms with Crippen LogP contribution in [0, 0.1) is 31.1 Å². The number of nitrogens with one attached hydrogen (secondary N) is 1. The van der Waals surface area contributed by atoms with Crippen LogP contribution in [0.5, 0.6) is 16.6 Å². The monoisotopic (exact) mass is 434 g/mol. The number of aromatic nitrogens is 1. The predicted molar refractivity (Wildman–Crippen MR) is 127 cm³/mol. The summed E-state index contributed by atoms with van der Waals surface area (Å²) in [5.41, 5.74) is 4.68. The molecule has 6 nitrogen and oxygen atoms in total. The lowest BCUT2D eigenvalue weighted by atomic mass is 10.1. The van der Waals surface area contributed by atoms with Gasteiger partial charge in [0, 0.05) is 35.7 Å². The van der Waals surface area contributed by atoms with Gasteiger partial charge in [0.2, 0.25) is 5.06 Å². The number of aliphatic imine (C=N–C) groups is 1. The van der Waals surface area contributed by atoms with E-state index in [9.17, 15) is 5.26 Å². The van der Waals surface area contributed by atoms with Crippen molar-refractivity contribution in [2.24, 2.45) is 10.9 Å². The first kappa shape index (κ1) is 22.3. The van der Waals surface area contributed by atoms with E-state index in [-0.39, 0.29) is 0 Å². The molecular formula is C24H26N4O2S. The van der Waals surface area contributed by atoms with Crippen molar-refractivity contribution in [3.8, 4) is 33.9 Å². The molecule has 0 fully saturated rings. The van der Waals surface area contributed by atoms with E-state index >= 15 is 0 Å². The molecule has 0 aliphatic heterocycles. The smallest absolute Gasteiger partial charge is 0.218 e. The highest BCUT2D eigenvalue weighted by Gasteiger charge is 2.21. The molecule has 31 heavy (non-hydrogen) atoms. The molecule has 0 bridgehead atoms. The van der Waals surface area contributed by atoms with Crippen LogP contribution >= 0.6 is 11.5 Å². The Labute approximate surface area is 187 Å². The number of hydrogen-bond donors (Lipinski definition) is 1. The Morgan fingerprint density at radius 1 is 1.16 bits per heavy atom. The topological polar surface area (TPSA) is 79.5 Å². The van der Waals surface area contributed by atoms with Crippen molar-refractivity contribution in [1.29, 1.82) is 5.26 Å². The van der Waals surface area contributed by atoms with E-state index in [4.69, 9.17) is 9.47 Å². The van der Waals surface area contributed by atoms with Crippen LogP contribution in [-0.2, 0) is 0 Å². The molecule has 0 saturated heterocycles. The van der Waals surface area contributed by atoms with Crippen LogP contribution in [0.2, 0.25) is 0 Å². The first-order chi connectivity index (χ1) is 14.9. The molecule has 0 unspecified atom stereocenters. The number of anilines is 1. The van der Waals surface area contributed by atoms with Gasteiger partial charge < -0.3 is 14.8 Å². The second-order valence-corrected chi connectivity index (χ2v) is 8.16. The fourth-order valence-electron chi connectivity index (χ4n) is 3.20. The molecule has 2 aromatic carbocycles. The second kappa shape index (κ2) is 9.63. The average Bonchev–Trinajstić information content (AvgIpc) is 3.16. The summed E-state index contributed by atoms with van der Waals surface area (Å²) in [6.07, 6.45) is 0. The van der Waals surface area contributed by atoms with Crippen LogP contribution in [-0.4, -0.2) is 24.4 Å². The van der Waals surface area contributed by atoms with Crippen molar-refractivity contribution in [3.63, 3.8) is 0 Å². The number of methoxy groups -OCH3 is 1. The van der Waals surface area contributed by atoms with Gasteiger partial charge >= 0.3 is 0 Å². The number of aryl methyl sites for hydroxylation is 2. The number of benzene rings is 2. The molecule has 1 aromatic heterocycles. The molecule has 3 rings (SSSR count). The Bertz CT molecular complexity index is 1160. The number of amidine groups is 1. The highest BCUT2D eigenvalue weighted by molar-refractivity contribution is 7.08. The Balaban J connectivity index is 1.94. The van der Waals surface area contributed by atoms with Gasteiger partial charge in [-0.1, -0.05) is 26.0 Å². The van der Waals surface area contributed by atoms with Crippen LogP contribution in [0.4, 0.5) is 5.69 Å². The highest BCUT2D eigenvalue weighted by Crippen LogP contribution is 2.40. The van der Waals surface area contributed by atoms with Gasteiger partial charge in [0.05, 0.1) is 7.11 Å². The minimum absolute atomic E-state index is 0.296. The number of hydrogen-bond acceptors (Lipinski definition) is 6. The second-order valence-electron chi connectivity index (χ2n) is 7.43. The lowest BCUT2D eigenvalue weighted by Crippen LogP contribution is -2.19. The standard InChI is InChI=1S/C24H26N4O2S/c1-14(2)23(26-5)27-19-11-16(4)21(12-15(19)3)30-24-18(13-25)22(28-31-24)17-9-7-8-10-20(17)29-6/h7-12,14H,1-6H3,(H,26,27). The number of nitrogens with zero attached hydrogens (tertiary/aromatic N) is 3. The molecule has 0 saturated carbocycles. The summed E-state index contributed by atoms with van der Waals surface area (Å²) in [4.78, 5) is 4.33. The summed E-state index contributed by atoms with van der Waals surface area (Å²) in [5, 5.41) is 13.7. The third kappa shape index (κ3) is 4.70. The first-order valence-corrected chi connectivity index (χ1v) is 10.7. The molecule has 0 aliphatic rings. The molecule has 0 radical (unpaired) electrons. The van der Waals surface area contributed by atoms with Gasteiger partial charge in [-0.05, 0) is 49.2 Å². The van der Waals surface area contributed by atoms with E-state index < -0.39 is 0 Å². The molecule has 160 valence electrons. The zero-order chi connectivity index (χ0) is 22.5. The molecule has 0 amide bonds. The van der Waals surface area contributed by atoms with Crippen molar-refractivity contribution in [3.05, 3.63) is 53.1 Å². The van der Waals surface area contributed by atoms with Crippen molar-refractivity contribution >= 4 is 23.1 Å². The Morgan fingerprint density at radius 3 is 2.55 bits per heavy atom. The lowest BCUT2D eigenvalue weighted by Gasteiger charge is -2.17. The number of ether oxygens (including phenoxy) is 2. The minimum Gasteiger partial charge on any atom is -0.496 e. The van der Waals surface area contributed by atoms with E-state index in [1.54, 1.807) is 14.2 Å². The van der Waals surface area contributed by atoms with Crippen LogP contribution < -0.4 is 14.8 Å². The van der Waals surface area contributed by atoms with Gasteiger partial charge in [0.25, 0.3) is 0 Å². The Hall–Kier alpha value is -3.37. The quantitative estimate of drug-likeness (QED) is 0.369.